The number of nitrogens with one attached hydrogen (secondary N) is 1. The molecular formula is C16H12F2N2O5. The lowest BCUT2D eigenvalue weighted by Gasteiger charge is -2.15. The van der Waals surface area contributed by atoms with Crippen LogP contribution in [0.3, 0.4) is 0 Å². The second-order valence-electron chi connectivity index (χ2n) is 5.12. The Morgan fingerprint density at radius 1 is 1.20 bits per heavy atom. The van der Waals surface area contributed by atoms with Gasteiger partial charge in [-0.25, -0.2) is 9.18 Å². The molecule has 130 valence electrons. The molecule has 0 fully saturated rings. The number of carbonyl (C=O) groups is 2. The fourth-order valence-electron chi connectivity index (χ4n) is 2.13. The van der Waals surface area contributed by atoms with Crippen molar-refractivity contribution in [2.24, 2.45) is 0 Å². The predicted octanol–water partition coefficient (Wildman–Crippen LogP) is 2.30. The topological polar surface area (TPSA) is 110 Å². The van der Waals surface area contributed by atoms with Gasteiger partial charge in [-0.3, -0.25) is 14.9 Å². The summed E-state index contributed by atoms with van der Waals surface area (Å²) in [6.45, 7) is 0. The summed E-state index contributed by atoms with van der Waals surface area (Å²) in [5.41, 5.74) is -0.713. The molecule has 2 N–H and O–H groups in total. The van der Waals surface area contributed by atoms with Crippen molar-refractivity contribution in [2.45, 2.75) is 12.5 Å². The molecule has 2 rings (SSSR count). The Balaban J connectivity index is 2.19. The summed E-state index contributed by atoms with van der Waals surface area (Å²) in [5.74, 6) is -3.92. The lowest BCUT2D eigenvalue weighted by Crippen LogP contribution is -2.42. The number of aliphatic carboxylic acids is 1. The van der Waals surface area contributed by atoms with Crippen LogP contribution in [0.1, 0.15) is 15.9 Å². The number of nitro groups is 1. The molecule has 0 bridgehead atoms. The van der Waals surface area contributed by atoms with E-state index in [4.69, 9.17) is 0 Å². The Labute approximate surface area is 140 Å². The summed E-state index contributed by atoms with van der Waals surface area (Å²) in [4.78, 5) is 33.2. The Morgan fingerprint density at radius 3 is 2.52 bits per heavy atom. The van der Waals surface area contributed by atoms with Gasteiger partial charge in [0.05, 0.1) is 4.92 Å². The second-order valence-corrected chi connectivity index (χ2v) is 5.12. The maximum Gasteiger partial charge on any atom is 0.326 e. The number of carbonyl (C=O) groups excluding carboxylic acids is 1. The zero-order chi connectivity index (χ0) is 18.6. The molecule has 2 aromatic carbocycles. The van der Waals surface area contributed by atoms with Gasteiger partial charge in [-0.1, -0.05) is 12.1 Å². The molecule has 0 radical (unpaired) electrons. The van der Waals surface area contributed by atoms with E-state index >= 15 is 0 Å². The number of nitro benzene ring substituents is 1. The fraction of sp³-hybridized carbons (Fsp3) is 0.125. The monoisotopic (exact) mass is 350 g/mol. The number of nitrogens with zero attached hydrogens (tertiary/aromatic N) is 1. The molecular weight excluding hydrogens is 338 g/mol. The van der Waals surface area contributed by atoms with Crippen LogP contribution in [0.15, 0.2) is 42.5 Å². The number of carboxylic acid groups (broad SMARTS) is 1. The lowest BCUT2D eigenvalue weighted by molar-refractivity contribution is -0.387. The van der Waals surface area contributed by atoms with Gasteiger partial charge in [-0.2, -0.15) is 4.39 Å². The van der Waals surface area contributed by atoms with Crippen molar-refractivity contribution in [3.8, 4) is 0 Å². The van der Waals surface area contributed by atoms with Gasteiger partial charge in [0.15, 0.2) is 0 Å². The van der Waals surface area contributed by atoms with Gasteiger partial charge in [-0.05, 0) is 29.8 Å². The number of hydrogen-bond acceptors (Lipinski definition) is 4. The molecule has 0 spiro atoms. The third kappa shape index (κ3) is 4.56. The zero-order valence-electron chi connectivity index (χ0n) is 12.6. The average molecular weight is 350 g/mol. The van der Waals surface area contributed by atoms with E-state index in [0.717, 1.165) is 24.3 Å². The van der Waals surface area contributed by atoms with E-state index in [1.807, 2.05) is 0 Å². The van der Waals surface area contributed by atoms with E-state index in [1.54, 1.807) is 0 Å². The third-order valence-corrected chi connectivity index (χ3v) is 3.34. The lowest BCUT2D eigenvalue weighted by atomic mass is 10.0. The Bertz CT molecular complexity index is 841. The van der Waals surface area contributed by atoms with Crippen molar-refractivity contribution in [3.05, 3.63) is 75.3 Å². The average Bonchev–Trinajstić information content (AvgIpc) is 2.55. The summed E-state index contributed by atoms with van der Waals surface area (Å²) in [6, 6.07) is 6.18. The van der Waals surface area contributed by atoms with Gasteiger partial charge in [0, 0.05) is 18.1 Å². The van der Waals surface area contributed by atoms with Gasteiger partial charge in [0.25, 0.3) is 5.91 Å². The molecule has 0 unspecified atom stereocenters. The first kappa shape index (κ1) is 18.0. The molecule has 1 atom stereocenters. The molecule has 9 heteroatoms. The van der Waals surface area contributed by atoms with E-state index in [-0.39, 0.29) is 17.5 Å². The van der Waals surface area contributed by atoms with Crippen molar-refractivity contribution >= 4 is 17.6 Å². The van der Waals surface area contributed by atoms with Crippen LogP contribution in [-0.2, 0) is 11.2 Å². The van der Waals surface area contributed by atoms with Crippen LogP contribution in [0.25, 0.3) is 0 Å². The fourth-order valence-corrected chi connectivity index (χ4v) is 2.13. The summed E-state index contributed by atoms with van der Waals surface area (Å²) in [7, 11) is 0. The number of rotatable bonds is 6. The quantitative estimate of drug-likeness (QED) is 0.614. The molecule has 0 heterocycles. The molecule has 0 aliphatic carbocycles. The summed E-state index contributed by atoms with van der Waals surface area (Å²) >= 11 is 0. The normalized spacial score (nSPS) is 11.6. The predicted molar refractivity (Wildman–Crippen MR) is 82.0 cm³/mol. The molecule has 0 aromatic heterocycles. The molecule has 0 aliphatic heterocycles. The minimum atomic E-state index is -1.43. The van der Waals surface area contributed by atoms with Crippen LogP contribution >= 0.6 is 0 Å². The molecule has 0 aliphatic rings. The SMILES string of the molecule is O=C(N[C@H](Cc1ccc(F)c([N+](=O)[O-])c1)C(=O)O)c1cccc(F)c1. The standard InChI is InChI=1S/C16H12F2N2O5/c17-11-3-1-2-10(8-11)15(21)19-13(16(22)23)6-9-4-5-12(18)14(7-9)20(24)25/h1-5,7-8,13H,6H2,(H,19,21)(H,22,23)/t13-/m1/s1. The van der Waals surface area contributed by atoms with Crippen molar-refractivity contribution in [1.82, 2.24) is 5.32 Å². The highest BCUT2D eigenvalue weighted by atomic mass is 19.1. The molecule has 0 saturated heterocycles. The molecule has 25 heavy (non-hydrogen) atoms. The van der Waals surface area contributed by atoms with Crippen molar-refractivity contribution in [2.75, 3.05) is 0 Å². The second kappa shape index (κ2) is 7.47. The summed E-state index contributed by atoms with van der Waals surface area (Å²) in [6.07, 6.45) is -0.308. The van der Waals surface area contributed by atoms with Crippen LogP contribution in [0.2, 0.25) is 0 Å². The van der Waals surface area contributed by atoms with Gasteiger partial charge in [0.2, 0.25) is 5.82 Å². The van der Waals surface area contributed by atoms with Gasteiger partial charge >= 0.3 is 11.7 Å². The molecule has 1 amide bonds. The number of halogens is 2. The van der Waals surface area contributed by atoms with Crippen LogP contribution in [-0.4, -0.2) is 27.9 Å². The maximum atomic E-state index is 13.3. The Morgan fingerprint density at radius 2 is 1.92 bits per heavy atom. The van der Waals surface area contributed by atoms with E-state index in [0.29, 0.717) is 0 Å². The highest BCUT2D eigenvalue weighted by Crippen LogP contribution is 2.19. The maximum absolute atomic E-state index is 13.3. The largest absolute Gasteiger partial charge is 0.480 e. The first-order chi connectivity index (χ1) is 11.8. The Kier molecular flexibility index (Phi) is 5.38. The summed E-state index contributed by atoms with van der Waals surface area (Å²) < 4.78 is 26.5. The summed E-state index contributed by atoms with van der Waals surface area (Å²) in [5, 5.41) is 22.2. The van der Waals surface area contributed by atoms with Crippen LogP contribution < -0.4 is 5.32 Å². The Hall–Kier alpha value is -3.36. The van der Waals surface area contributed by atoms with Crippen LogP contribution in [0.4, 0.5) is 14.5 Å². The van der Waals surface area contributed by atoms with Crippen LogP contribution in [0.5, 0.6) is 0 Å². The highest BCUT2D eigenvalue weighted by molar-refractivity contribution is 5.96. The zero-order valence-corrected chi connectivity index (χ0v) is 12.6. The molecule has 0 saturated carbocycles. The molecule has 7 nitrogen and oxygen atoms in total. The smallest absolute Gasteiger partial charge is 0.326 e. The van der Waals surface area contributed by atoms with Crippen molar-refractivity contribution in [1.29, 1.82) is 0 Å². The first-order valence-corrected chi connectivity index (χ1v) is 7.00. The van der Waals surface area contributed by atoms with E-state index in [1.165, 1.54) is 18.2 Å². The van der Waals surface area contributed by atoms with Crippen LogP contribution in [0, 0.1) is 21.7 Å². The third-order valence-electron chi connectivity index (χ3n) is 3.34. The van der Waals surface area contributed by atoms with Gasteiger partial charge in [-0.15, -0.1) is 0 Å². The van der Waals surface area contributed by atoms with E-state index in [9.17, 15) is 33.6 Å². The van der Waals surface area contributed by atoms with Crippen molar-refractivity contribution < 1.29 is 28.4 Å². The number of amides is 1. The van der Waals surface area contributed by atoms with E-state index in [2.05, 4.69) is 5.32 Å². The minimum absolute atomic E-state index is 0.0728. The number of hydrogen-bond donors (Lipinski definition) is 2. The van der Waals surface area contributed by atoms with Crippen molar-refractivity contribution in [3.63, 3.8) is 0 Å². The minimum Gasteiger partial charge on any atom is -0.480 e. The number of carboxylic acids is 1. The van der Waals surface area contributed by atoms with Gasteiger partial charge in [0.1, 0.15) is 11.9 Å². The number of benzene rings is 2. The molecule has 2 aromatic rings. The first-order valence-electron chi connectivity index (χ1n) is 7.00. The van der Waals surface area contributed by atoms with E-state index < -0.39 is 40.2 Å². The van der Waals surface area contributed by atoms with Gasteiger partial charge < -0.3 is 10.4 Å². The highest BCUT2D eigenvalue weighted by Gasteiger charge is 2.23.